The van der Waals surface area contributed by atoms with Gasteiger partial charge in [-0.15, -0.1) is 0 Å². The number of amides is 2. The Bertz CT molecular complexity index is 720. The number of rotatable bonds is 7. The SMILES string of the molecule is CC(C)C[C@@H](NC(=O)c1cccc(F)c1)C(=O)NCc1cccnc1. The van der Waals surface area contributed by atoms with E-state index in [-0.39, 0.29) is 17.4 Å². The zero-order valence-corrected chi connectivity index (χ0v) is 14.3. The summed E-state index contributed by atoms with van der Waals surface area (Å²) in [5.41, 5.74) is 1.06. The van der Waals surface area contributed by atoms with Gasteiger partial charge in [0.25, 0.3) is 5.91 Å². The van der Waals surface area contributed by atoms with E-state index in [4.69, 9.17) is 0 Å². The minimum atomic E-state index is -0.688. The van der Waals surface area contributed by atoms with Gasteiger partial charge in [-0.05, 0) is 42.2 Å². The van der Waals surface area contributed by atoms with Gasteiger partial charge in [-0.1, -0.05) is 26.0 Å². The highest BCUT2D eigenvalue weighted by Gasteiger charge is 2.22. The highest BCUT2D eigenvalue weighted by Crippen LogP contribution is 2.09. The predicted molar refractivity (Wildman–Crippen MR) is 93.2 cm³/mol. The molecule has 0 saturated heterocycles. The summed E-state index contributed by atoms with van der Waals surface area (Å²) >= 11 is 0. The molecule has 0 aliphatic rings. The van der Waals surface area contributed by atoms with Crippen LogP contribution < -0.4 is 10.6 Å². The predicted octanol–water partition coefficient (Wildman–Crippen LogP) is 2.68. The standard InChI is InChI=1S/C19H22FN3O2/c1-13(2)9-17(19(25)22-12-14-5-4-8-21-11-14)23-18(24)15-6-3-7-16(20)10-15/h3-8,10-11,13,17H,9,12H2,1-2H3,(H,22,25)(H,23,24)/t17-/m1/s1. The monoisotopic (exact) mass is 343 g/mol. The molecule has 0 aliphatic carbocycles. The molecule has 0 aliphatic heterocycles. The maximum Gasteiger partial charge on any atom is 0.252 e. The summed E-state index contributed by atoms with van der Waals surface area (Å²) in [6.45, 7) is 4.27. The van der Waals surface area contributed by atoms with E-state index in [9.17, 15) is 14.0 Å². The van der Waals surface area contributed by atoms with Gasteiger partial charge < -0.3 is 10.6 Å². The van der Waals surface area contributed by atoms with E-state index < -0.39 is 17.8 Å². The van der Waals surface area contributed by atoms with Gasteiger partial charge >= 0.3 is 0 Å². The van der Waals surface area contributed by atoms with E-state index in [1.165, 1.54) is 18.2 Å². The van der Waals surface area contributed by atoms with Crippen LogP contribution in [-0.4, -0.2) is 22.8 Å². The third-order valence-electron chi connectivity index (χ3n) is 3.61. The summed E-state index contributed by atoms with van der Waals surface area (Å²) in [5.74, 6) is -1.03. The molecule has 2 aromatic rings. The molecule has 2 amide bonds. The fourth-order valence-electron chi connectivity index (χ4n) is 2.39. The van der Waals surface area contributed by atoms with Crippen LogP contribution in [0, 0.1) is 11.7 Å². The number of hydrogen-bond donors (Lipinski definition) is 2. The molecule has 0 radical (unpaired) electrons. The Kier molecular flexibility index (Phi) is 6.62. The smallest absolute Gasteiger partial charge is 0.252 e. The first kappa shape index (κ1) is 18.6. The van der Waals surface area contributed by atoms with E-state index >= 15 is 0 Å². The zero-order chi connectivity index (χ0) is 18.2. The second-order valence-electron chi connectivity index (χ2n) is 6.25. The third kappa shape index (κ3) is 5.99. The Morgan fingerprint density at radius 3 is 2.64 bits per heavy atom. The lowest BCUT2D eigenvalue weighted by molar-refractivity contribution is -0.123. The highest BCUT2D eigenvalue weighted by molar-refractivity contribution is 5.97. The molecule has 25 heavy (non-hydrogen) atoms. The number of carbonyl (C=O) groups is 2. The van der Waals surface area contributed by atoms with Crippen LogP contribution in [-0.2, 0) is 11.3 Å². The summed E-state index contributed by atoms with van der Waals surface area (Å²) < 4.78 is 13.3. The largest absolute Gasteiger partial charge is 0.350 e. The Balaban J connectivity index is 2.01. The number of carbonyl (C=O) groups excluding carboxylic acids is 2. The molecule has 5 nitrogen and oxygen atoms in total. The van der Waals surface area contributed by atoms with Crippen LogP contribution in [0.15, 0.2) is 48.8 Å². The molecule has 0 unspecified atom stereocenters. The lowest BCUT2D eigenvalue weighted by Gasteiger charge is -2.20. The van der Waals surface area contributed by atoms with Crippen molar-refractivity contribution in [1.82, 2.24) is 15.6 Å². The van der Waals surface area contributed by atoms with Gasteiger partial charge in [0.2, 0.25) is 5.91 Å². The van der Waals surface area contributed by atoms with E-state index in [0.717, 1.165) is 11.6 Å². The van der Waals surface area contributed by atoms with Crippen molar-refractivity contribution in [2.24, 2.45) is 5.92 Å². The van der Waals surface area contributed by atoms with Crippen molar-refractivity contribution in [3.05, 3.63) is 65.7 Å². The topological polar surface area (TPSA) is 71.1 Å². The first-order valence-corrected chi connectivity index (χ1v) is 8.18. The van der Waals surface area contributed by atoms with Gasteiger partial charge in [0.05, 0.1) is 0 Å². The highest BCUT2D eigenvalue weighted by atomic mass is 19.1. The van der Waals surface area contributed by atoms with Gasteiger partial charge in [0.1, 0.15) is 11.9 Å². The summed E-state index contributed by atoms with van der Waals surface area (Å²) in [5, 5.41) is 5.50. The number of nitrogens with zero attached hydrogens (tertiary/aromatic N) is 1. The Morgan fingerprint density at radius 2 is 2.00 bits per heavy atom. The number of aromatic nitrogens is 1. The molecule has 1 aromatic heterocycles. The Labute approximate surface area is 146 Å². The molecule has 0 saturated carbocycles. The van der Waals surface area contributed by atoms with Crippen molar-refractivity contribution in [1.29, 1.82) is 0 Å². The number of halogens is 1. The molecule has 2 N–H and O–H groups in total. The fourth-order valence-corrected chi connectivity index (χ4v) is 2.39. The molecule has 2 rings (SSSR count). The summed E-state index contributed by atoms with van der Waals surface area (Å²) in [6, 6.07) is 8.35. The molecular weight excluding hydrogens is 321 g/mol. The second kappa shape index (κ2) is 8.92. The third-order valence-corrected chi connectivity index (χ3v) is 3.61. The average molecular weight is 343 g/mol. The van der Waals surface area contributed by atoms with E-state index in [0.29, 0.717) is 13.0 Å². The Hall–Kier alpha value is -2.76. The van der Waals surface area contributed by atoms with E-state index in [1.807, 2.05) is 19.9 Å². The van der Waals surface area contributed by atoms with Crippen LogP contribution in [0.1, 0.15) is 36.2 Å². The molecule has 1 atom stereocenters. The number of pyridine rings is 1. The second-order valence-corrected chi connectivity index (χ2v) is 6.25. The molecule has 0 fully saturated rings. The molecule has 132 valence electrons. The van der Waals surface area contributed by atoms with Gasteiger partial charge in [-0.25, -0.2) is 4.39 Å². The van der Waals surface area contributed by atoms with Crippen molar-refractivity contribution in [2.75, 3.05) is 0 Å². The van der Waals surface area contributed by atoms with Crippen molar-refractivity contribution < 1.29 is 14.0 Å². The van der Waals surface area contributed by atoms with Gasteiger partial charge in [-0.3, -0.25) is 14.6 Å². The summed E-state index contributed by atoms with van der Waals surface area (Å²) in [7, 11) is 0. The normalized spacial score (nSPS) is 11.8. The van der Waals surface area contributed by atoms with E-state index in [2.05, 4.69) is 15.6 Å². The van der Waals surface area contributed by atoms with Crippen LogP contribution in [0.25, 0.3) is 0 Å². The maximum atomic E-state index is 13.3. The average Bonchev–Trinajstić information content (AvgIpc) is 2.59. The number of nitrogens with one attached hydrogen (secondary N) is 2. The first-order chi connectivity index (χ1) is 12.0. The van der Waals surface area contributed by atoms with Gasteiger partial charge in [0.15, 0.2) is 0 Å². The number of hydrogen-bond acceptors (Lipinski definition) is 3. The van der Waals surface area contributed by atoms with Crippen molar-refractivity contribution in [3.63, 3.8) is 0 Å². The molecule has 6 heteroatoms. The van der Waals surface area contributed by atoms with Crippen LogP contribution in [0.4, 0.5) is 4.39 Å². The molecular formula is C19H22FN3O2. The van der Waals surface area contributed by atoms with Crippen LogP contribution in [0.5, 0.6) is 0 Å². The lowest BCUT2D eigenvalue weighted by Crippen LogP contribution is -2.47. The minimum absolute atomic E-state index is 0.189. The summed E-state index contributed by atoms with van der Waals surface area (Å²) in [4.78, 5) is 28.8. The molecule has 1 aromatic carbocycles. The summed E-state index contributed by atoms with van der Waals surface area (Å²) in [6.07, 6.45) is 3.81. The van der Waals surface area contributed by atoms with Crippen LogP contribution >= 0.6 is 0 Å². The molecule has 1 heterocycles. The van der Waals surface area contributed by atoms with Crippen LogP contribution in [0.3, 0.4) is 0 Å². The lowest BCUT2D eigenvalue weighted by atomic mass is 10.0. The van der Waals surface area contributed by atoms with Gasteiger partial charge in [0, 0.05) is 24.5 Å². The maximum absolute atomic E-state index is 13.3. The quantitative estimate of drug-likeness (QED) is 0.812. The Morgan fingerprint density at radius 1 is 1.20 bits per heavy atom. The molecule has 0 spiro atoms. The minimum Gasteiger partial charge on any atom is -0.350 e. The zero-order valence-electron chi connectivity index (χ0n) is 14.3. The van der Waals surface area contributed by atoms with Crippen molar-refractivity contribution in [2.45, 2.75) is 32.9 Å². The first-order valence-electron chi connectivity index (χ1n) is 8.18. The van der Waals surface area contributed by atoms with Gasteiger partial charge in [-0.2, -0.15) is 0 Å². The van der Waals surface area contributed by atoms with Crippen LogP contribution in [0.2, 0.25) is 0 Å². The fraction of sp³-hybridized carbons (Fsp3) is 0.316. The number of benzene rings is 1. The van der Waals surface area contributed by atoms with Crippen molar-refractivity contribution in [3.8, 4) is 0 Å². The van der Waals surface area contributed by atoms with E-state index in [1.54, 1.807) is 18.5 Å². The molecule has 0 bridgehead atoms. The van der Waals surface area contributed by atoms with Crippen molar-refractivity contribution >= 4 is 11.8 Å².